The van der Waals surface area contributed by atoms with Crippen LogP contribution >= 0.6 is 34.8 Å². The summed E-state index contributed by atoms with van der Waals surface area (Å²) >= 11 is 16.5. The molecule has 1 atom stereocenters. The third-order valence-electron chi connectivity index (χ3n) is 6.89. The van der Waals surface area contributed by atoms with Gasteiger partial charge in [-0.1, -0.05) is 40.9 Å². The highest BCUT2D eigenvalue weighted by Crippen LogP contribution is 2.39. The molecule has 2 amide bonds. The van der Waals surface area contributed by atoms with Crippen molar-refractivity contribution in [1.82, 2.24) is 25.3 Å². The summed E-state index contributed by atoms with van der Waals surface area (Å²) in [5.74, 6) is 1.70. The molecular formula is C26H30Cl3N7O4S. The fourth-order valence-electron chi connectivity index (χ4n) is 4.58. The average Bonchev–Trinajstić information content (AvgIpc) is 3.77. The standard InChI is InChI=1S/C26H30Cl3N7O4S/c1-25(2,14-40-24(38)34-22(37)26(27,28)29)35-21-19-18(4-3-11-41(19)39)32-23(33-21)36-9-7-16(8-10-36)20-30-12-17(13-31-20)15-5-6-15/h7,12-13,15H,3-6,8-11,14H2,1-2H3,(H,32,33,35)(H,34,37,38). The summed E-state index contributed by atoms with van der Waals surface area (Å²) in [5.41, 5.74) is 2.17. The van der Waals surface area contributed by atoms with Crippen molar-refractivity contribution in [2.45, 2.75) is 66.1 Å². The summed E-state index contributed by atoms with van der Waals surface area (Å²) in [6, 6.07) is 0. The van der Waals surface area contributed by atoms with Gasteiger partial charge in [-0.25, -0.2) is 19.7 Å². The first-order valence-corrected chi connectivity index (χ1v) is 15.7. The van der Waals surface area contributed by atoms with Gasteiger partial charge in [0.15, 0.2) is 5.82 Å². The van der Waals surface area contributed by atoms with Crippen molar-refractivity contribution in [3.05, 3.63) is 35.6 Å². The highest BCUT2D eigenvalue weighted by Gasteiger charge is 2.34. The van der Waals surface area contributed by atoms with Crippen molar-refractivity contribution >= 4 is 74.9 Å². The summed E-state index contributed by atoms with van der Waals surface area (Å²) in [7, 11) is -1.28. The van der Waals surface area contributed by atoms with E-state index in [4.69, 9.17) is 49.5 Å². The predicted molar refractivity (Wildman–Crippen MR) is 158 cm³/mol. The minimum Gasteiger partial charge on any atom is -0.447 e. The average molecular weight is 643 g/mol. The minimum atomic E-state index is -2.30. The normalized spacial score (nSPS) is 19.2. The number of alkyl carbamates (subject to hydrolysis) is 1. The molecular weight excluding hydrogens is 613 g/mol. The Kier molecular flexibility index (Phi) is 8.75. The van der Waals surface area contributed by atoms with E-state index in [0.29, 0.717) is 47.8 Å². The first-order valence-electron chi connectivity index (χ1n) is 13.3. The molecule has 0 bridgehead atoms. The van der Waals surface area contributed by atoms with Crippen LogP contribution in [-0.4, -0.2) is 70.9 Å². The van der Waals surface area contributed by atoms with E-state index in [9.17, 15) is 13.8 Å². The molecule has 41 heavy (non-hydrogen) atoms. The van der Waals surface area contributed by atoms with E-state index < -0.39 is 32.1 Å². The third kappa shape index (κ3) is 7.46. The Labute approximate surface area is 255 Å². The SMILES string of the molecule is CC(C)(COC(=O)NC(=O)C(Cl)(Cl)Cl)Nc1nc(N2CC=C(c3ncc(C4CC4)cn3)CC2)nc2c1S(=O)CCC2. The summed E-state index contributed by atoms with van der Waals surface area (Å²) in [5, 5.41) is 5.15. The first kappa shape index (κ1) is 29.9. The molecule has 2 N–H and O–H groups in total. The quantitative estimate of drug-likeness (QED) is 0.420. The zero-order valence-corrected chi connectivity index (χ0v) is 25.7. The number of halogens is 3. The number of hydrogen-bond acceptors (Lipinski definition) is 10. The zero-order chi connectivity index (χ0) is 29.4. The number of carbonyl (C=O) groups excluding carboxylic acids is 2. The summed E-state index contributed by atoms with van der Waals surface area (Å²) in [6.45, 7) is 4.64. The van der Waals surface area contributed by atoms with Crippen LogP contribution < -0.4 is 15.5 Å². The van der Waals surface area contributed by atoms with Gasteiger partial charge in [0.1, 0.15) is 17.3 Å². The molecule has 5 rings (SSSR count). The van der Waals surface area contributed by atoms with Gasteiger partial charge in [-0.2, -0.15) is 4.98 Å². The van der Waals surface area contributed by atoms with E-state index in [-0.39, 0.29) is 6.61 Å². The highest BCUT2D eigenvalue weighted by atomic mass is 35.6. The van der Waals surface area contributed by atoms with Crippen LogP contribution in [0.3, 0.4) is 0 Å². The lowest BCUT2D eigenvalue weighted by Gasteiger charge is -2.31. The Morgan fingerprint density at radius 1 is 1.15 bits per heavy atom. The Morgan fingerprint density at radius 3 is 2.51 bits per heavy atom. The van der Waals surface area contributed by atoms with Gasteiger partial charge in [-0.15, -0.1) is 0 Å². The number of nitrogens with one attached hydrogen (secondary N) is 2. The van der Waals surface area contributed by atoms with Crippen molar-refractivity contribution in [2.24, 2.45) is 0 Å². The molecule has 15 heteroatoms. The summed E-state index contributed by atoms with van der Waals surface area (Å²) in [4.78, 5) is 45.2. The molecule has 11 nitrogen and oxygen atoms in total. The number of carbonyl (C=O) groups is 2. The predicted octanol–water partition coefficient (Wildman–Crippen LogP) is 4.31. The maximum Gasteiger partial charge on any atom is 0.414 e. The molecule has 0 radical (unpaired) electrons. The summed E-state index contributed by atoms with van der Waals surface area (Å²) in [6.07, 6.45) is 9.51. The Morgan fingerprint density at radius 2 is 1.88 bits per heavy atom. The second kappa shape index (κ2) is 12.0. The molecule has 1 aliphatic carbocycles. The number of anilines is 2. The maximum atomic E-state index is 13.0. The summed E-state index contributed by atoms with van der Waals surface area (Å²) < 4.78 is 15.9. The monoisotopic (exact) mass is 641 g/mol. The van der Waals surface area contributed by atoms with Gasteiger partial charge in [0.05, 0.1) is 22.0 Å². The van der Waals surface area contributed by atoms with E-state index in [1.54, 1.807) is 13.8 Å². The topological polar surface area (TPSA) is 139 Å². The lowest BCUT2D eigenvalue weighted by Crippen LogP contribution is -2.43. The molecule has 3 aliphatic rings. The maximum absolute atomic E-state index is 13.0. The van der Waals surface area contributed by atoms with Crippen molar-refractivity contribution in [3.63, 3.8) is 0 Å². The molecule has 1 fully saturated rings. The highest BCUT2D eigenvalue weighted by molar-refractivity contribution is 7.85. The second-order valence-electron chi connectivity index (χ2n) is 10.9. The number of aryl methyl sites for hydroxylation is 1. The Hall–Kier alpha value is -2.54. The first-order chi connectivity index (χ1) is 19.4. The molecule has 1 saturated carbocycles. The molecule has 2 aromatic heterocycles. The molecule has 1 unspecified atom stereocenters. The van der Waals surface area contributed by atoms with E-state index in [0.717, 1.165) is 29.9 Å². The number of hydrogen-bond donors (Lipinski definition) is 2. The smallest absolute Gasteiger partial charge is 0.414 e. The molecule has 2 aliphatic heterocycles. The minimum absolute atomic E-state index is 0.165. The Bertz CT molecular complexity index is 1390. The molecule has 2 aromatic rings. The zero-order valence-electron chi connectivity index (χ0n) is 22.6. The fraction of sp³-hybridized carbons (Fsp3) is 0.538. The Balaban J connectivity index is 1.30. The van der Waals surface area contributed by atoms with Crippen LogP contribution in [0.2, 0.25) is 0 Å². The molecule has 0 saturated heterocycles. The van der Waals surface area contributed by atoms with Gasteiger partial charge in [-0.05, 0) is 63.0 Å². The van der Waals surface area contributed by atoms with Crippen molar-refractivity contribution in [2.75, 3.05) is 35.7 Å². The van der Waals surface area contributed by atoms with Crippen molar-refractivity contribution in [1.29, 1.82) is 0 Å². The molecule has 0 spiro atoms. The van der Waals surface area contributed by atoms with Crippen LogP contribution in [0.1, 0.15) is 62.5 Å². The van der Waals surface area contributed by atoms with E-state index in [1.807, 2.05) is 17.7 Å². The number of aromatic nitrogens is 4. The van der Waals surface area contributed by atoms with Gasteiger partial charge >= 0.3 is 6.09 Å². The van der Waals surface area contributed by atoms with Crippen LogP contribution in [0.25, 0.3) is 5.57 Å². The van der Waals surface area contributed by atoms with Crippen LogP contribution in [0, 0.1) is 0 Å². The van der Waals surface area contributed by atoms with E-state index >= 15 is 0 Å². The lowest BCUT2D eigenvalue weighted by molar-refractivity contribution is -0.119. The van der Waals surface area contributed by atoms with Crippen LogP contribution in [0.5, 0.6) is 0 Å². The number of fused-ring (bicyclic) bond motifs is 1. The number of amides is 2. The number of rotatable bonds is 7. The molecule has 220 valence electrons. The number of imide groups is 1. The van der Waals surface area contributed by atoms with Gasteiger partial charge in [0.2, 0.25) is 5.95 Å². The van der Waals surface area contributed by atoms with Gasteiger partial charge < -0.3 is 15.0 Å². The van der Waals surface area contributed by atoms with Crippen LogP contribution in [0.4, 0.5) is 16.6 Å². The van der Waals surface area contributed by atoms with Gasteiger partial charge in [-0.3, -0.25) is 14.3 Å². The number of ether oxygens (including phenoxy) is 1. The van der Waals surface area contributed by atoms with Crippen molar-refractivity contribution in [3.8, 4) is 0 Å². The fourth-order valence-corrected chi connectivity index (χ4v) is 6.05. The number of nitrogens with zero attached hydrogens (tertiary/aromatic N) is 5. The van der Waals surface area contributed by atoms with Crippen LogP contribution in [-0.2, 0) is 26.8 Å². The van der Waals surface area contributed by atoms with Gasteiger partial charge in [0.25, 0.3) is 9.70 Å². The third-order valence-corrected chi connectivity index (χ3v) is 8.95. The molecule has 0 aromatic carbocycles. The van der Waals surface area contributed by atoms with Crippen molar-refractivity contribution < 1.29 is 18.5 Å². The van der Waals surface area contributed by atoms with Crippen LogP contribution in [0.15, 0.2) is 23.4 Å². The van der Waals surface area contributed by atoms with E-state index in [1.165, 1.54) is 18.4 Å². The molecule has 4 heterocycles. The second-order valence-corrected chi connectivity index (χ2v) is 14.7. The largest absolute Gasteiger partial charge is 0.447 e. The van der Waals surface area contributed by atoms with Gasteiger partial charge in [0, 0.05) is 31.2 Å². The lowest BCUT2D eigenvalue weighted by atomic mass is 10.1. The van der Waals surface area contributed by atoms with E-state index in [2.05, 4.69) is 26.3 Å². The number of alkyl halides is 3.